The van der Waals surface area contributed by atoms with E-state index >= 15 is 0 Å². The summed E-state index contributed by atoms with van der Waals surface area (Å²) < 4.78 is 6.87. The molecule has 0 saturated carbocycles. The van der Waals surface area contributed by atoms with Crippen LogP contribution in [-0.2, 0) is 13.0 Å². The van der Waals surface area contributed by atoms with Gasteiger partial charge in [0.1, 0.15) is 5.39 Å². The lowest BCUT2D eigenvalue weighted by molar-refractivity contribution is 0.252. The van der Waals surface area contributed by atoms with Gasteiger partial charge in [-0.3, -0.25) is 4.79 Å². The molecule has 0 radical (unpaired) electrons. The molecular weight excluding hydrogens is 232 g/mol. The number of H-pyrrole nitrogens is 1. The van der Waals surface area contributed by atoms with Crippen molar-refractivity contribution < 1.29 is 4.52 Å². The van der Waals surface area contributed by atoms with Gasteiger partial charge in [-0.25, -0.2) is 9.53 Å². The lowest BCUT2D eigenvalue weighted by atomic mass is 10.0. The van der Waals surface area contributed by atoms with Gasteiger partial charge >= 0.3 is 5.63 Å². The van der Waals surface area contributed by atoms with E-state index < -0.39 is 0 Å². The van der Waals surface area contributed by atoms with Gasteiger partial charge in [0.2, 0.25) is 5.56 Å². The highest BCUT2D eigenvalue weighted by molar-refractivity contribution is 6.04. The number of benzene rings is 1. The largest absolute Gasteiger partial charge is 0.367 e. The molecule has 0 aliphatic carbocycles. The second-order valence-corrected chi connectivity index (χ2v) is 4.63. The third-order valence-corrected chi connectivity index (χ3v) is 3.53. The molecule has 1 N–H and O–H groups in total. The van der Waals surface area contributed by atoms with Gasteiger partial charge in [-0.15, -0.1) is 0 Å². The number of aromatic nitrogens is 2. The third kappa shape index (κ3) is 1.11. The van der Waals surface area contributed by atoms with Crippen molar-refractivity contribution >= 4 is 21.8 Å². The molecule has 1 aromatic carbocycles. The first-order chi connectivity index (χ1) is 8.74. The van der Waals surface area contributed by atoms with Crippen molar-refractivity contribution in [2.45, 2.75) is 19.4 Å². The minimum Gasteiger partial charge on any atom is -0.335 e. The summed E-state index contributed by atoms with van der Waals surface area (Å²) in [7, 11) is 0. The summed E-state index contributed by atoms with van der Waals surface area (Å²) in [5.41, 5.74) is 1.94. The van der Waals surface area contributed by atoms with Crippen LogP contribution in [0.1, 0.15) is 12.0 Å². The maximum Gasteiger partial charge on any atom is 0.367 e. The van der Waals surface area contributed by atoms with Gasteiger partial charge in [0.05, 0.1) is 17.6 Å². The van der Waals surface area contributed by atoms with Crippen LogP contribution in [0.4, 0.5) is 0 Å². The molecule has 0 saturated heterocycles. The first-order valence-electron chi connectivity index (χ1n) is 5.93. The summed E-state index contributed by atoms with van der Waals surface area (Å²) in [6.45, 7) is 0.717. The highest BCUT2D eigenvalue weighted by Crippen LogP contribution is 2.28. The van der Waals surface area contributed by atoms with E-state index in [9.17, 15) is 9.59 Å². The van der Waals surface area contributed by atoms with E-state index in [1.165, 1.54) is 6.07 Å². The quantitative estimate of drug-likeness (QED) is 0.647. The van der Waals surface area contributed by atoms with Crippen molar-refractivity contribution in [2.24, 2.45) is 0 Å². The summed E-state index contributed by atoms with van der Waals surface area (Å²) >= 11 is 0. The Bertz CT molecular complexity index is 898. The molecule has 3 aromatic rings. The molecule has 0 spiro atoms. The second kappa shape index (κ2) is 3.13. The van der Waals surface area contributed by atoms with Crippen molar-refractivity contribution in [3.8, 4) is 0 Å². The van der Waals surface area contributed by atoms with E-state index in [1.807, 2.05) is 6.07 Å². The smallest absolute Gasteiger partial charge is 0.335 e. The maximum absolute atomic E-state index is 12.0. The van der Waals surface area contributed by atoms with Crippen LogP contribution in [0, 0.1) is 0 Å². The fourth-order valence-corrected chi connectivity index (χ4v) is 2.78. The molecule has 0 unspecified atom stereocenters. The molecule has 3 heterocycles. The van der Waals surface area contributed by atoms with Crippen LogP contribution >= 0.6 is 0 Å². The molecule has 2 aromatic heterocycles. The molecule has 0 atom stereocenters. The normalized spacial score (nSPS) is 14.4. The van der Waals surface area contributed by atoms with E-state index in [0.717, 1.165) is 29.3 Å². The molecule has 5 heteroatoms. The van der Waals surface area contributed by atoms with Crippen LogP contribution in [0.3, 0.4) is 0 Å². The first-order valence-corrected chi connectivity index (χ1v) is 5.93. The number of pyridine rings is 1. The number of nitrogens with zero attached hydrogens (tertiary/aromatic N) is 1. The molecule has 1 aliphatic heterocycles. The number of rotatable bonds is 0. The summed E-state index contributed by atoms with van der Waals surface area (Å²) in [4.78, 5) is 26.1. The lowest BCUT2D eigenvalue weighted by Crippen LogP contribution is -2.08. The Hall–Kier alpha value is -2.30. The monoisotopic (exact) mass is 242 g/mol. The van der Waals surface area contributed by atoms with E-state index in [0.29, 0.717) is 17.4 Å². The topological polar surface area (TPSA) is 68.0 Å². The summed E-state index contributed by atoms with van der Waals surface area (Å²) in [6, 6.07) is 5.25. The Morgan fingerprint density at radius 2 is 2.17 bits per heavy atom. The van der Waals surface area contributed by atoms with Gasteiger partial charge in [-0.2, -0.15) is 0 Å². The summed E-state index contributed by atoms with van der Waals surface area (Å²) in [6.07, 6.45) is 1.90. The molecule has 1 aliphatic rings. The van der Waals surface area contributed by atoms with Crippen LogP contribution in [0.2, 0.25) is 0 Å². The second-order valence-electron chi connectivity index (χ2n) is 4.63. The SMILES string of the molecule is O=c1ccc2cc3c4c(c(=O)on4CCC3)c2[nH]1. The number of hydrogen-bond donors (Lipinski definition) is 1. The zero-order chi connectivity index (χ0) is 12.3. The number of fused-ring (bicyclic) bond motifs is 2. The van der Waals surface area contributed by atoms with Crippen molar-refractivity contribution in [1.29, 1.82) is 0 Å². The first kappa shape index (κ1) is 9.70. The molecule has 0 amide bonds. The Morgan fingerprint density at radius 1 is 1.28 bits per heavy atom. The molecule has 5 nitrogen and oxygen atoms in total. The van der Waals surface area contributed by atoms with Crippen LogP contribution in [0.25, 0.3) is 21.8 Å². The number of aromatic amines is 1. The van der Waals surface area contributed by atoms with Gasteiger partial charge in [-0.05, 0) is 35.9 Å². The van der Waals surface area contributed by atoms with Gasteiger partial charge in [0.15, 0.2) is 0 Å². The van der Waals surface area contributed by atoms with Crippen molar-refractivity contribution in [2.75, 3.05) is 0 Å². The predicted octanol–water partition coefficient (Wildman–Crippen LogP) is 1.38. The summed E-state index contributed by atoms with van der Waals surface area (Å²) in [5, 5.41) is 1.38. The van der Waals surface area contributed by atoms with Gasteiger partial charge < -0.3 is 9.51 Å². The van der Waals surface area contributed by atoms with Crippen molar-refractivity contribution in [1.82, 2.24) is 9.72 Å². The fourth-order valence-electron chi connectivity index (χ4n) is 2.78. The molecular formula is C13H10N2O3. The van der Waals surface area contributed by atoms with Crippen molar-refractivity contribution in [3.63, 3.8) is 0 Å². The van der Waals surface area contributed by atoms with Crippen LogP contribution in [0.5, 0.6) is 0 Å². The maximum atomic E-state index is 12.0. The van der Waals surface area contributed by atoms with Crippen LogP contribution in [0.15, 0.2) is 32.3 Å². The Balaban J connectivity index is 2.37. The highest BCUT2D eigenvalue weighted by Gasteiger charge is 2.20. The number of hydrogen-bond acceptors (Lipinski definition) is 3. The van der Waals surface area contributed by atoms with E-state index in [-0.39, 0.29) is 11.2 Å². The average Bonchev–Trinajstić information content (AvgIpc) is 2.69. The molecule has 18 heavy (non-hydrogen) atoms. The minimum absolute atomic E-state index is 0.208. The Labute approximate surface area is 101 Å². The zero-order valence-corrected chi connectivity index (χ0v) is 9.53. The Morgan fingerprint density at radius 3 is 3.06 bits per heavy atom. The third-order valence-electron chi connectivity index (χ3n) is 3.53. The van der Waals surface area contributed by atoms with Crippen LogP contribution in [-0.4, -0.2) is 9.72 Å². The van der Waals surface area contributed by atoms with Gasteiger partial charge in [-0.1, -0.05) is 0 Å². The Kier molecular flexibility index (Phi) is 1.69. The predicted molar refractivity (Wildman–Crippen MR) is 66.9 cm³/mol. The number of nitrogens with one attached hydrogen (secondary N) is 1. The minimum atomic E-state index is -0.374. The molecule has 90 valence electrons. The molecule has 4 rings (SSSR count). The number of aryl methyl sites for hydroxylation is 2. The zero-order valence-electron chi connectivity index (χ0n) is 9.53. The van der Waals surface area contributed by atoms with E-state index in [2.05, 4.69) is 4.98 Å². The van der Waals surface area contributed by atoms with Crippen molar-refractivity contribution in [3.05, 3.63) is 44.5 Å². The standard InChI is InChI=1S/C13H10N2O3/c16-9-4-3-7-6-8-2-1-5-15-12(8)10(11(7)14-9)13(17)18-15/h3-4,6H,1-2,5H2,(H,14,16). The van der Waals surface area contributed by atoms with Gasteiger partial charge in [0, 0.05) is 6.07 Å². The van der Waals surface area contributed by atoms with E-state index in [1.54, 1.807) is 10.8 Å². The highest BCUT2D eigenvalue weighted by atomic mass is 16.5. The average molecular weight is 242 g/mol. The van der Waals surface area contributed by atoms with Crippen LogP contribution < -0.4 is 11.2 Å². The van der Waals surface area contributed by atoms with E-state index in [4.69, 9.17) is 4.52 Å². The summed E-state index contributed by atoms with van der Waals surface area (Å²) in [5.74, 6) is 0. The molecule has 0 fully saturated rings. The molecule has 0 bridgehead atoms. The van der Waals surface area contributed by atoms with Gasteiger partial charge in [0.25, 0.3) is 0 Å². The lowest BCUT2D eigenvalue weighted by Gasteiger charge is -2.13. The fraction of sp³-hybridized carbons (Fsp3) is 0.231.